The Balaban J connectivity index is 2.50. The fourth-order valence-corrected chi connectivity index (χ4v) is 3.82. The first-order valence-electron chi connectivity index (χ1n) is 5.01. The van der Waals surface area contributed by atoms with E-state index >= 15 is 0 Å². The predicted octanol–water partition coefficient (Wildman–Crippen LogP) is 2.74. The van der Waals surface area contributed by atoms with E-state index in [1.807, 2.05) is 6.92 Å². The molecule has 0 amide bonds. The third kappa shape index (κ3) is 2.08. The van der Waals surface area contributed by atoms with Gasteiger partial charge in [-0.3, -0.25) is 0 Å². The number of hydrogen-bond acceptors (Lipinski definition) is 3. The van der Waals surface area contributed by atoms with Gasteiger partial charge in [0.25, 0.3) is 9.05 Å². The van der Waals surface area contributed by atoms with Gasteiger partial charge < -0.3 is 0 Å². The smallest absolute Gasteiger partial charge is 0.249 e. The van der Waals surface area contributed by atoms with Gasteiger partial charge in [0.15, 0.2) is 0 Å². The maximum atomic E-state index is 11.3. The Morgan fingerprint density at radius 1 is 1.50 bits per heavy atom. The van der Waals surface area contributed by atoms with Crippen LogP contribution in [0.5, 0.6) is 0 Å². The number of aromatic nitrogens is 2. The summed E-state index contributed by atoms with van der Waals surface area (Å²) in [6.07, 6.45) is 2.28. The van der Waals surface area contributed by atoms with Crippen molar-refractivity contribution in [1.82, 2.24) is 9.78 Å². The van der Waals surface area contributed by atoms with Gasteiger partial charge >= 0.3 is 0 Å². The van der Waals surface area contributed by atoms with Crippen LogP contribution in [0, 0.1) is 12.8 Å². The van der Waals surface area contributed by atoms with Gasteiger partial charge in [-0.05, 0) is 32.6 Å². The van der Waals surface area contributed by atoms with Gasteiger partial charge in [-0.1, -0.05) is 11.6 Å². The highest BCUT2D eigenvalue weighted by molar-refractivity contribution is 8.13. The fraction of sp³-hybridized carbons (Fsp3) is 0.667. The zero-order valence-corrected chi connectivity index (χ0v) is 11.3. The molecule has 1 aromatic rings. The lowest BCUT2D eigenvalue weighted by Gasteiger charge is -2.11. The second-order valence-corrected chi connectivity index (χ2v) is 7.03. The van der Waals surface area contributed by atoms with Crippen LogP contribution in [0.4, 0.5) is 0 Å². The zero-order valence-electron chi connectivity index (χ0n) is 8.94. The molecule has 0 radical (unpaired) electrons. The van der Waals surface area contributed by atoms with Crippen LogP contribution in [0.1, 0.15) is 31.5 Å². The molecule has 0 aliphatic heterocycles. The molecule has 1 atom stereocenters. The molecule has 2 rings (SSSR count). The van der Waals surface area contributed by atoms with Crippen molar-refractivity contribution in [2.24, 2.45) is 5.92 Å². The molecular weight excluding hydrogens is 271 g/mol. The van der Waals surface area contributed by atoms with Gasteiger partial charge in [0.05, 0.1) is 11.7 Å². The molecule has 1 aliphatic carbocycles. The number of halogens is 2. The van der Waals surface area contributed by atoms with Crippen molar-refractivity contribution < 1.29 is 8.42 Å². The Morgan fingerprint density at radius 2 is 2.06 bits per heavy atom. The van der Waals surface area contributed by atoms with Crippen LogP contribution in [0.25, 0.3) is 0 Å². The lowest BCUT2D eigenvalue weighted by atomic mass is 10.2. The number of nitrogens with zero attached hydrogens (tertiary/aromatic N) is 2. The van der Waals surface area contributed by atoms with Gasteiger partial charge in [0.2, 0.25) is 0 Å². The van der Waals surface area contributed by atoms with Gasteiger partial charge in [-0.2, -0.15) is 5.10 Å². The van der Waals surface area contributed by atoms with E-state index in [1.54, 1.807) is 11.6 Å². The first-order chi connectivity index (χ1) is 7.32. The molecule has 1 heterocycles. The Morgan fingerprint density at radius 3 is 2.44 bits per heavy atom. The third-order valence-corrected chi connectivity index (χ3v) is 4.82. The fourth-order valence-electron chi connectivity index (χ4n) is 1.83. The normalized spacial score (nSPS) is 18.8. The monoisotopic (exact) mass is 282 g/mol. The molecule has 4 nitrogen and oxygen atoms in total. The molecule has 16 heavy (non-hydrogen) atoms. The van der Waals surface area contributed by atoms with Crippen molar-refractivity contribution in [2.45, 2.75) is 37.6 Å². The topological polar surface area (TPSA) is 52.0 Å². The standard InChI is InChI=1S/C9H12Cl2N2O2S/c1-5-8(16(11,14)15)9(10)13(12-5)6(2)7-3-4-7/h6-7H,3-4H2,1-2H3. The molecule has 7 heteroatoms. The Kier molecular flexibility index (Phi) is 2.97. The summed E-state index contributed by atoms with van der Waals surface area (Å²) in [6.45, 7) is 3.58. The lowest BCUT2D eigenvalue weighted by Crippen LogP contribution is -2.09. The largest absolute Gasteiger partial charge is 0.266 e. The molecule has 1 saturated carbocycles. The van der Waals surface area contributed by atoms with Crippen molar-refractivity contribution in [2.75, 3.05) is 0 Å². The molecule has 1 aliphatic rings. The summed E-state index contributed by atoms with van der Waals surface area (Å²) >= 11 is 6.02. The van der Waals surface area contributed by atoms with Crippen molar-refractivity contribution in [1.29, 1.82) is 0 Å². The Hall–Kier alpha value is -0.260. The summed E-state index contributed by atoms with van der Waals surface area (Å²) < 4.78 is 24.2. The highest BCUT2D eigenvalue weighted by atomic mass is 35.7. The Labute approximate surface area is 104 Å². The molecule has 1 unspecified atom stereocenters. The van der Waals surface area contributed by atoms with Crippen LogP contribution in [0.2, 0.25) is 5.15 Å². The third-order valence-electron chi connectivity index (χ3n) is 2.91. The predicted molar refractivity (Wildman–Crippen MR) is 62.4 cm³/mol. The molecule has 1 aromatic heterocycles. The molecule has 0 spiro atoms. The van der Waals surface area contributed by atoms with Crippen LogP contribution in [0.3, 0.4) is 0 Å². The van der Waals surface area contributed by atoms with E-state index in [-0.39, 0.29) is 16.1 Å². The molecular formula is C9H12Cl2N2O2S. The van der Waals surface area contributed by atoms with Crippen molar-refractivity contribution in [3.05, 3.63) is 10.8 Å². The number of hydrogen-bond donors (Lipinski definition) is 0. The molecule has 0 N–H and O–H groups in total. The summed E-state index contributed by atoms with van der Waals surface area (Å²) in [5.41, 5.74) is 0.354. The minimum atomic E-state index is -3.83. The Bertz CT molecular complexity index is 520. The summed E-state index contributed by atoms with van der Waals surface area (Å²) in [5, 5.41) is 4.28. The number of rotatable bonds is 3. The average Bonchev–Trinajstić information content (AvgIpc) is 2.90. The summed E-state index contributed by atoms with van der Waals surface area (Å²) in [4.78, 5) is -0.0664. The maximum absolute atomic E-state index is 11.3. The lowest BCUT2D eigenvalue weighted by molar-refractivity contribution is 0.438. The average molecular weight is 283 g/mol. The van der Waals surface area contributed by atoms with Crippen molar-refractivity contribution in [3.8, 4) is 0 Å². The first-order valence-corrected chi connectivity index (χ1v) is 7.70. The van der Waals surface area contributed by atoms with E-state index in [0.29, 0.717) is 11.6 Å². The van der Waals surface area contributed by atoms with Gasteiger partial charge in [-0.15, -0.1) is 0 Å². The first kappa shape index (κ1) is 12.2. The highest BCUT2D eigenvalue weighted by Gasteiger charge is 2.33. The van der Waals surface area contributed by atoms with Gasteiger partial charge in [-0.25, -0.2) is 13.1 Å². The molecule has 0 aromatic carbocycles. The molecule has 90 valence electrons. The van der Waals surface area contributed by atoms with E-state index < -0.39 is 9.05 Å². The SMILES string of the molecule is Cc1nn(C(C)C2CC2)c(Cl)c1S(=O)(=O)Cl. The second-order valence-electron chi connectivity index (χ2n) is 4.17. The van der Waals surface area contributed by atoms with Gasteiger partial charge in [0.1, 0.15) is 10.0 Å². The number of aryl methyl sites for hydroxylation is 1. The van der Waals surface area contributed by atoms with Crippen LogP contribution in [0.15, 0.2) is 4.90 Å². The van der Waals surface area contributed by atoms with Crippen molar-refractivity contribution in [3.63, 3.8) is 0 Å². The summed E-state index contributed by atoms with van der Waals surface area (Å²) in [7, 11) is 1.49. The summed E-state index contributed by atoms with van der Waals surface area (Å²) in [5.74, 6) is 0.544. The molecule has 1 fully saturated rings. The second kappa shape index (κ2) is 3.89. The van der Waals surface area contributed by atoms with Crippen LogP contribution in [-0.2, 0) is 9.05 Å². The van der Waals surface area contributed by atoms with Gasteiger partial charge in [0, 0.05) is 10.7 Å². The summed E-state index contributed by atoms with van der Waals surface area (Å²) in [6, 6.07) is 0.123. The van der Waals surface area contributed by atoms with E-state index in [9.17, 15) is 8.42 Å². The van der Waals surface area contributed by atoms with Crippen LogP contribution in [-0.4, -0.2) is 18.2 Å². The zero-order chi connectivity index (χ0) is 12.1. The quantitative estimate of drug-likeness (QED) is 0.801. The van der Waals surface area contributed by atoms with E-state index in [1.165, 1.54) is 0 Å². The van der Waals surface area contributed by atoms with Crippen LogP contribution < -0.4 is 0 Å². The molecule has 0 bridgehead atoms. The minimum absolute atomic E-state index is 0.0664. The molecule has 0 saturated heterocycles. The van der Waals surface area contributed by atoms with Crippen molar-refractivity contribution >= 4 is 31.3 Å². The van der Waals surface area contributed by atoms with E-state index in [0.717, 1.165) is 12.8 Å². The highest BCUT2D eigenvalue weighted by Crippen LogP contribution is 2.41. The van der Waals surface area contributed by atoms with E-state index in [4.69, 9.17) is 22.3 Å². The van der Waals surface area contributed by atoms with E-state index in [2.05, 4.69) is 5.10 Å². The maximum Gasteiger partial charge on any atom is 0.266 e. The van der Waals surface area contributed by atoms with Crippen LogP contribution >= 0.6 is 22.3 Å². The minimum Gasteiger partial charge on any atom is -0.249 e.